The molecule has 90 valence electrons. The highest BCUT2D eigenvalue weighted by Gasteiger charge is 2.35. The van der Waals surface area contributed by atoms with Crippen LogP contribution in [0.5, 0.6) is 0 Å². The van der Waals surface area contributed by atoms with Crippen molar-refractivity contribution >= 4 is 0 Å². The van der Waals surface area contributed by atoms with Gasteiger partial charge in [-0.15, -0.1) is 6.58 Å². The Morgan fingerprint density at radius 3 is 2.62 bits per heavy atom. The van der Waals surface area contributed by atoms with E-state index in [0.717, 1.165) is 12.1 Å². The SMILES string of the molecule is C=CCCCC(O)c1ccc(C(F)(F)F)o1. The standard InChI is InChI=1S/C11H13F3O2/c1-2-3-4-5-8(15)9-6-7-10(16-9)11(12,13)14/h2,6-8,15H,1,3-5H2. The zero-order valence-corrected chi connectivity index (χ0v) is 8.63. The lowest BCUT2D eigenvalue weighted by atomic mass is 10.1. The molecule has 2 nitrogen and oxygen atoms in total. The maximum Gasteiger partial charge on any atom is 0.449 e. The molecule has 0 saturated carbocycles. The Bertz CT molecular complexity index is 341. The van der Waals surface area contributed by atoms with Crippen LogP contribution in [-0.2, 0) is 6.18 Å². The molecule has 1 unspecified atom stereocenters. The number of rotatable bonds is 5. The summed E-state index contributed by atoms with van der Waals surface area (Å²) in [4.78, 5) is 0. The number of halogens is 3. The Labute approximate surface area is 91.4 Å². The fraction of sp³-hybridized carbons (Fsp3) is 0.455. The minimum absolute atomic E-state index is 0.0450. The molecule has 0 saturated heterocycles. The molecule has 1 heterocycles. The van der Waals surface area contributed by atoms with E-state index in [0.29, 0.717) is 19.3 Å². The Kier molecular flexibility index (Phi) is 4.18. The van der Waals surface area contributed by atoms with E-state index in [-0.39, 0.29) is 5.76 Å². The van der Waals surface area contributed by atoms with Crippen molar-refractivity contribution in [1.29, 1.82) is 0 Å². The highest BCUT2D eigenvalue weighted by atomic mass is 19.4. The van der Waals surface area contributed by atoms with Crippen LogP contribution in [0.15, 0.2) is 29.2 Å². The average Bonchev–Trinajstić information content (AvgIpc) is 2.66. The lowest BCUT2D eigenvalue weighted by Gasteiger charge is -2.06. The molecule has 0 aliphatic rings. The Balaban J connectivity index is 2.60. The van der Waals surface area contributed by atoms with Crippen LogP contribution in [0.2, 0.25) is 0 Å². The van der Waals surface area contributed by atoms with Crippen molar-refractivity contribution in [3.8, 4) is 0 Å². The topological polar surface area (TPSA) is 33.4 Å². The molecule has 0 aliphatic heterocycles. The van der Waals surface area contributed by atoms with Gasteiger partial charge in [0.05, 0.1) is 0 Å². The number of unbranched alkanes of at least 4 members (excludes halogenated alkanes) is 1. The van der Waals surface area contributed by atoms with Crippen LogP contribution in [0.25, 0.3) is 0 Å². The van der Waals surface area contributed by atoms with Gasteiger partial charge in [0.25, 0.3) is 0 Å². The van der Waals surface area contributed by atoms with Crippen LogP contribution >= 0.6 is 0 Å². The molecule has 1 aromatic rings. The Morgan fingerprint density at radius 2 is 2.12 bits per heavy atom. The third-order valence-electron chi connectivity index (χ3n) is 2.12. The second-order valence-corrected chi connectivity index (χ2v) is 3.44. The fourth-order valence-electron chi connectivity index (χ4n) is 1.28. The van der Waals surface area contributed by atoms with Gasteiger partial charge < -0.3 is 9.52 Å². The van der Waals surface area contributed by atoms with Gasteiger partial charge in [-0.2, -0.15) is 13.2 Å². The monoisotopic (exact) mass is 234 g/mol. The van der Waals surface area contributed by atoms with Gasteiger partial charge in [-0.1, -0.05) is 6.08 Å². The number of alkyl halides is 3. The molecule has 16 heavy (non-hydrogen) atoms. The first-order valence-electron chi connectivity index (χ1n) is 4.91. The highest BCUT2D eigenvalue weighted by Crippen LogP contribution is 2.32. The van der Waals surface area contributed by atoms with E-state index < -0.39 is 18.0 Å². The summed E-state index contributed by atoms with van der Waals surface area (Å²) in [6.07, 6.45) is -2.07. The second kappa shape index (κ2) is 5.21. The van der Waals surface area contributed by atoms with Crippen molar-refractivity contribution in [3.05, 3.63) is 36.3 Å². The van der Waals surface area contributed by atoms with E-state index >= 15 is 0 Å². The Hall–Kier alpha value is -1.23. The minimum Gasteiger partial charge on any atom is -0.454 e. The molecule has 0 spiro atoms. The van der Waals surface area contributed by atoms with E-state index in [9.17, 15) is 18.3 Å². The number of aliphatic hydroxyl groups is 1. The Morgan fingerprint density at radius 1 is 1.44 bits per heavy atom. The number of hydrogen-bond donors (Lipinski definition) is 1. The molecule has 1 N–H and O–H groups in total. The van der Waals surface area contributed by atoms with Gasteiger partial charge in [0.1, 0.15) is 11.9 Å². The van der Waals surface area contributed by atoms with Crippen molar-refractivity contribution in [3.63, 3.8) is 0 Å². The summed E-state index contributed by atoms with van der Waals surface area (Å²) in [6.45, 7) is 3.51. The molecule has 1 rings (SSSR count). The molecule has 5 heteroatoms. The van der Waals surface area contributed by atoms with Crippen LogP contribution in [0.4, 0.5) is 13.2 Å². The van der Waals surface area contributed by atoms with E-state index in [1.54, 1.807) is 6.08 Å². The van der Waals surface area contributed by atoms with Gasteiger partial charge in [-0.3, -0.25) is 0 Å². The first-order chi connectivity index (χ1) is 7.45. The fourth-order valence-corrected chi connectivity index (χ4v) is 1.28. The van der Waals surface area contributed by atoms with Crippen LogP contribution in [0.3, 0.4) is 0 Å². The van der Waals surface area contributed by atoms with Crippen molar-refractivity contribution in [2.75, 3.05) is 0 Å². The summed E-state index contributed by atoms with van der Waals surface area (Å²) < 4.78 is 41.1. The highest BCUT2D eigenvalue weighted by molar-refractivity contribution is 5.11. The largest absolute Gasteiger partial charge is 0.454 e. The summed E-state index contributed by atoms with van der Waals surface area (Å²) in [5, 5.41) is 9.53. The van der Waals surface area contributed by atoms with Crippen molar-refractivity contribution < 1.29 is 22.7 Å². The van der Waals surface area contributed by atoms with Gasteiger partial charge in [0.2, 0.25) is 5.76 Å². The quantitative estimate of drug-likeness (QED) is 0.622. The van der Waals surface area contributed by atoms with Gasteiger partial charge >= 0.3 is 6.18 Å². The molecule has 1 aromatic heterocycles. The molecule has 0 aliphatic carbocycles. The maximum atomic E-state index is 12.2. The zero-order chi connectivity index (χ0) is 12.2. The summed E-state index contributed by atoms with van der Waals surface area (Å²) in [5.41, 5.74) is 0. The summed E-state index contributed by atoms with van der Waals surface area (Å²) in [5.74, 6) is -1.12. The number of furan rings is 1. The minimum atomic E-state index is -4.50. The third kappa shape index (κ3) is 3.41. The number of allylic oxidation sites excluding steroid dienone is 1. The molecular formula is C11H13F3O2. The molecule has 0 bridgehead atoms. The molecule has 1 atom stereocenters. The normalized spacial score (nSPS) is 13.8. The van der Waals surface area contributed by atoms with Crippen LogP contribution in [0.1, 0.15) is 36.9 Å². The maximum absolute atomic E-state index is 12.2. The molecule has 0 aromatic carbocycles. The van der Waals surface area contributed by atoms with Crippen molar-refractivity contribution in [2.45, 2.75) is 31.5 Å². The van der Waals surface area contributed by atoms with Crippen LogP contribution < -0.4 is 0 Å². The molecule has 0 fully saturated rings. The van der Waals surface area contributed by atoms with Gasteiger partial charge in [0.15, 0.2) is 0 Å². The van der Waals surface area contributed by atoms with E-state index in [1.807, 2.05) is 0 Å². The molecule has 0 amide bonds. The summed E-state index contributed by atoms with van der Waals surface area (Å²) in [6, 6.07) is 1.98. The lowest BCUT2D eigenvalue weighted by molar-refractivity contribution is -0.154. The van der Waals surface area contributed by atoms with Crippen molar-refractivity contribution in [1.82, 2.24) is 0 Å². The predicted molar refractivity (Wildman–Crippen MR) is 52.7 cm³/mol. The van der Waals surface area contributed by atoms with Gasteiger partial charge in [-0.25, -0.2) is 0 Å². The van der Waals surface area contributed by atoms with Crippen molar-refractivity contribution in [2.24, 2.45) is 0 Å². The van der Waals surface area contributed by atoms with E-state index in [4.69, 9.17) is 0 Å². The summed E-state index contributed by atoms with van der Waals surface area (Å²) >= 11 is 0. The predicted octanol–water partition coefficient (Wildman–Crippen LogP) is 3.69. The number of aliphatic hydroxyl groups excluding tert-OH is 1. The van der Waals surface area contributed by atoms with Gasteiger partial charge in [-0.05, 0) is 31.4 Å². The molecular weight excluding hydrogens is 221 g/mol. The molecule has 0 radical (unpaired) electrons. The van der Waals surface area contributed by atoms with E-state index in [2.05, 4.69) is 11.0 Å². The van der Waals surface area contributed by atoms with Crippen LogP contribution in [-0.4, -0.2) is 5.11 Å². The lowest BCUT2D eigenvalue weighted by Crippen LogP contribution is -2.02. The summed E-state index contributed by atoms with van der Waals surface area (Å²) in [7, 11) is 0. The first-order valence-corrected chi connectivity index (χ1v) is 4.91. The smallest absolute Gasteiger partial charge is 0.449 e. The second-order valence-electron chi connectivity index (χ2n) is 3.44. The van der Waals surface area contributed by atoms with E-state index in [1.165, 1.54) is 0 Å². The first kappa shape index (κ1) is 12.8. The number of hydrogen-bond acceptors (Lipinski definition) is 2. The third-order valence-corrected chi connectivity index (χ3v) is 2.12. The van der Waals surface area contributed by atoms with Crippen LogP contribution in [0, 0.1) is 0 Å². The van der Waals surface area contributed by atoms with Gasteiger partial charge in [0, 0.05) is 0 Å². The average molecular weight is 234 g/mol. The zero-order valence-electron chi connectivity index (χ0n) is 8.63.